The molecule has 21 heteroatoms. The lowest BCUT2D eigenvalue weighted by Crippen LogP contribution is -2.65. The van der Waals surface area contributed by atoms with Crippen molar-refractivity contribution in [2.24, 2.45) is 0 Å². The van der Waals surface area contributed by atoms with E-state index in [2.05, 4.69) is 0 Å². The number of rotatable bonds is 16. The molecular weight excluding hydrogens is 804 g/mol. The molecule has 0 amide bonds. The Morgan fingerprint density at radius 2 is 1.38 bits per heavy atom. The molecule has 9 N–H and O–H groups in total. The molecule has 2 aromatic rings. The van der Waals surface area contributed by atoms with Crippen molar-refractivity contribution >= 4 is 18.0 Å². The Hall–Kier alpha value is -4.20. The molecule has 3 heterocycles. The minimum Gasteiger partial charge on any atom is -0.504 e. The number of carbonyl (C=O) groups excluding carboxylic acids is 2. The lowest BCUT2D eigenvalue weighted by Gasteiger charge is -2.47. The van der Waals surface area contributed by atoms with Crippen LogP contribution in [0.25, 0.3) is 6.08 Å². The number of phenolic OH excluding ortho intramolecular Hbond substituents is 2. The summed E-state index contributed by atoms with van der Waals surface area (Å²) in [5.74, 6) is -1.83. The molecule has 0 bridgehead atoms. The van der Waals surface area contributed by atoms with Gasteiger partial charge in [-0.1, -0.05) is 12.1 Å². The van der Waals surface area contributed by atoms with Crippen molar-refractivity contribution in [3.63, 3.8) is 0 Å². The Labute approximate surface area is 343 Å². The van der Waals surface area contributed by atoms with Gasteiger partial charge in [0.1, 0.15) is 54.9 Å². The van der Waals surface area contributed by atoms with E-state index in [0.717, 1.165) is 13.0 Å². The molecule has 0 aromatic heterocycles. The van der Waals surface area contributed by atoms with Crippen LogP contribution in [0.3, 0.4) is 0 Å². The maximum absolute atomic E-state index is 13.5. The molecule has 0 spiro atoms. The maximum atomic E-state index is 13.5. The topological polar surface area (TPSA) is 309 Å². The van der Waals surface area contributed by atoms with Gasteiger partial charge in [0.2, 0.25) is 0 Å². The van der Waals surface area contributed by atoms with Gasteiger partial charge < -0.3 is 93.3 Å². The summed E-state index contributed by atoms with van der Waals surface area (Å²) in [4.78, 5) is 25.4. The number of esters is 2. The molecule has 60 heavy (non-hydrogen) atoms. The monoisotopic (exact) mass is 856 g/mol. The Morgan fingerprint density at radius 3 is 2.05 bits per heavy atom. The smallest absolute Gasteiger partial charge is 0.331 e. The van der Waals surface area contributed by atoms with Gasteiger partial charge in [-0.05, 0) is 54.8 Å². The summed E-state index contributed by atoms with van der Waals surface area (Å²) in [6.07, 6.45) is -22.1. The van der Waals surface area contributed by atoms with E-state index in [4.69, 9.17) is 47.4 Å². The number of benzene rings is 2. The summed E-state index contributed by atoms with van der Waals surface area (Å²) in [5.41, 5.74) is 1.000. The second kappa shape index (κ2) is 21.1. The van der Waals surface area contributed by atoms with Gasteiger partial charge in [0, 0.05) is 13.0 Å². The van der Waals surface area contributed by atoms with Crippen molar-refractivity contribution in [1.82, 2.24) is 0 Å². The van der Waals surface area contributed by atoms with Crippen molar-refractivity contribution in [3.05, 3.63) is 53.6 Å². The SMILES string of the molecule is COc1ccc(CCO[C@@H]2O[C@H](CO[C@@H]3O[C@H](CO)[C@@H](O)[C@H](O)[C@H]3O)[C@@H](OC(=O)/C=C/c3ccc(O)c(OC)c3)[C@H](O[C@@H]3O[C@@H](C)[C@H](O)[C@@H](OC(C)=O)[C@H]3O)[C@H]2O)cc1O. The molecule has 3 fully saturated rings. The molecule has 0 aliphatic carbocycles. The number of phenols is 2. The van der Waals surface area contributed by atoms with E-state index in [1.54, 1.807) is 6.07 Å². The fourth-order valence-corrected chi connectivity index (χ4v) is 6.77. The van der Waals surface area contributed by atoms with E-state index >= 15 is 0 Å². The molecule has 3 aliphatic rings. The highest BCUT2D eigenvalue weighted by molar-refractivity contribution is 5.87. The number of hydrogen-bond donors (Lipinski definition) is 9. The van der Waals surface area contributed by atoms with Gasteiger partial charge in [-0.25, -0.2) is 4.79 Å². The maximum Gasteiger partial charge on any atom is 0.331 e. The third-order valence-electron chi connectivity index (χ3n) is 10.0. The molecule has 0 radical (unpaired) electrons. The number of hydrogen-bond acceptors (Lipinski definition) is 21. The molecule has 0 saturated carbocycles. The Morgan fingerprint density at radius 1 is 0.700 bits per heavy atom. The lowest BCUT2D eigenvalue weighted by atomic mass is 9.96. The van der Waals surface area contributed by atoms with Crippen molar-refractivity contribution < 1.29 is 103 Å². The standard InChI is InChI=1S/C39H52O21/c1-17-28(45)35(56-18(2)41)32(49)39(55-17)60-36-33(50)38(53-12-11-20-6-9-23(51-3)22(43)13-20)58-26(16-54-37-31(48)30(47)29(46)25(15-40)57-37)34(36)59-27(44)10-7-19-5-8-21(42)24(14-19)52-4/h5-10,13-14,17,25-26,28-40,42-43,45-50H,11-12,15-16H2,1-4H3/b10-7+/t17-,25+,26+,28-,29+,30-,31+,32+,33+,34+,35+,36+,37+,38+,39-/m0/s1. The number of carbonyl (C=O) groups is 2. The summed E-state index contributed by atoms with van der Waals surface area (Å²) in [7, 11) is 2.72. The van der Waals surface area contributed by atoms with E-state index in [9.17, 15) is 55.5 Å². The first-order valence-corrected chi connectivity index (χ1v) is 18.9. The van der Waals surface area contributed by atoms with Gasteiger partial charge in [0.25, 0.3) is 0 Å². The van der Waals surface area contributed by atoms with E-state index in [-0.39, 0.29) is 36.0 Å². The molecule has 15 atom stereocenters. The highest BCUT2D eigenvalue weighted by Gasteiger charge is 2.54. The zero-order valence-electron chi connectivity index (χ0n) is 33.0. The van der Waals surface area contributed by atoms with Gasteiger partial charge in [0.15, 0.2) is 54.1 Å². The van der Waals surface area contributed by atoms with Crippen LogP contribution in [-0.4, -0.2) is 184 Å². The molecule has 21 nitrogen and oxygen atoms in total. The third-order valence-corrected chi connectivity index (χ3v) is 10.0. The number of aromatic hydroxyl groups is 2. The van der Waals surface area contributed by atoms with Crippen molar-refractivity contribution in [2.75, 3.05) is 34.0 Å². The zero-order chi connectivity index (χ0) is 43.8. The first-order valence-electron chi connectivity index (χ1n) is 18.9. The van der Waals surface area contributed by atoms with E-state index in [1.165, 1.54) is 57.6 Å². The average molecular weight is 857 g/mol. The Balaban J connectivity index is 1.46. The molecular formula is C39H52O21. The summed E-state index contributed by atoms with van der Waals surface area (Å²) >= 11 is 0. The van der Waals surface area contributed by atoms with Crippen LogP contribution in [0.5, 0.6) is 23.0 Å². The van der Waals surface area contributed by atoms with Gasteiger partial charge >= 0.3 is 11.9 Å². The van der Waals surface area contributed by atoms with Crippen LogP contribution in [0.15, 0.2) is 42.5 Å². The van der Waals surface area contributed by atoms with Crippen molar-refractivity contribution in [2.45, 2.75) is 112 Å². The van der Waals surface area contributed by atoms with Crippen molar-refractivity contribution in [3.8, 4) is 23.0 Å². The molecule has 0 unspecified atom stereocenters. The van der Waals surface area contributed by atoms with Crippen LogP contribution in [0.2, 0.25) is 0 Å². The van der Waals surface area contributed by atoms with Gasteiger partial charge in [-0.3, -0.25) is 4.79 Å². The van der Waals surface area contributed by atoms with Gasteiger partial charge in [-0.2, -0.15) is 0 Å². The Bertz CT molecular complexity index is 1760. The normalized spacial score (nSPS) is 34.5. The van der Waals surface area contributed by atoms with E-state index in [0.29, 0.717) is 11.1 Å². The predicted molar refractivity (Wildman–Crippen MR) is 199 cm³/mol. The largest absolute Gasteiger partial charge is 0.504 e. The zero-order valence-corrected chi connectivity index (χ0v) is 33.0. The number of aliphatic hydroxyl groups is 7. The van der Waals surface area contributed by atoms with Crippen LogP contribution in [0, 0.1) is 0 Å². The summed E-state index contributed by atoms with van der Waals surface area (Å²) in [6, 6.07) is 8.88. The quantitative estimate of drug-likeness (QED) is 0.0650. The fourth-order valence-electron chi connectivity index (χ4n) is 6.77. The molecule has 5 rings (SSSR count). The molecule has 3 saturated heterocycles. The van der Waals surface area contributed by atoms with Crippen LogP contribution >= 0.6 is 0 Å². The highest BCUT2D eigenvalue weighted by atomic mass is 16.8. The minimum atomic E-state index is -1.86. The number of ether oxygens (including phenoxy) is 10. The number of aliphatic hydroxyl groups excluding tert-OH is 7. The molecule has 334 valence electrons. The predicted octanol–water partition coefficient (Wildman–Crippen LogP) is -2.01. The van der Waals surface area contributed by atoms with Gasteiger partial charge in [-0.15, -0.1) is 0 Å². The first kappa shape index (κ1) is 46.9. The molecule has 2 aromatic carbocycles. The highest BCUT2D eigenvalue weighted by Crippen LogP contribution is 2.34. The second-order valence-corrected chi connectivity index (χ2v) is 14.2. The van der Waals surface area contributed by atoms with Crippen molar-refractivity contribution in [1.29, 1.82) is 0 Å². The Kier molecular flexibility index (Phi) is 16.4. The van der Waals surface area contributed by atoms with Crippen LogP contribution < -0.4 is 9.47 Å². The molecule has 3 aliphatic heterocycles. The average Bonchev–Trinajstić information content (AvgIpc) is 3.22. The first-order chi connectivity index (χ1) is 28.6. The third kappa shape index (κ3) is 11.2. The fraction of sp³-hybridized carbons (Fsp3) is 0.590. The van der Waals surface area contributed by atoms with Crippen LogP contribution in [-0.2, 0) is 53.9 Å². The second-order valence-electron chi connectivity index (χ2n) is 14.2. The summed E-state index contributed by atoms with van der Waals surface area (Å²) in [5, 5.41) is 95.0. The minimum absolute atomic E-state index is 0.112. The van der Waals surface area contributed by atoms with Crippen LogP contribution in [0.1, 0.15) is 25.0 Å². The van der Waals surface area contributed by atoms with E-state index in [1.807, 2.05) is 0 Å². The summed E-state index contributed by atoms with van der Waals surface area (Å²) in [6.45, 7) is 0.885. The van der Waals surface area contributed by atoms with Crippen LogP contribution in [0.4, 0.5) is 0 Å². The van der Waals surface area contributed by atoms with Gasteiger partial charge in [0.05, 0.1) is 40.1 Å². The number of methoxy groups -OCH3 is 2. The van der Waals surface area contributed by atoms with E-state index < -0.39 is 117 Å². The summed E-state index contributed by atoms with van der Waals surface area (Å²) < 4.78 is 56.3. The lowest BCUT2D eigenvalue weighted by molar-refractivity contribution is -0.364.